The fraction of sp³-hybridized carbons (Fsp3) is 0.267. The highest BCUT2D eigenvalue weighted by atomic mass is 16.5. The van der Waals surface area contributed by atoms with Crippen molar-refractivity contribution in [2.24, 2.45) is 0 Å². The lowest BCUT2D eigenvalue weighted by Gasteiger charge is -2.44. The van der Waals surface area contributed by atoms with Gasteiger partial charge >= 0.3 is 6.09 Å². The van der Waals surface area contributed by atoms with Crippen molar-refractivity contribution in [3.63, 3.8) is 0 Å². The summed E-state index contributed by atoms with van der Waals surface area (Å²) in [5.74, 6) is 6.64. The van der Waals surface area contributed by atoms with E-state index in [9.17, 15) is 19.5 Å². The number of carbonyl (C=O) groups is 3. The van der Waals surface area contributed by atoms with Crippen molar-refractivity contribution in [3.05, 3.63) is 78.1 Å². The number of likely N-dealkylation sites (N-methyl/N-ethyl adjacent to an activating group) is 2. The molecular weight excluding hydrogens is 528 g/mol. The Morgan fingerprint density at radius 3 is 2.63 bits per heavy atom. The number of anilines is 1. The third-order valence-corrected chi connectivity index (χ3v) is 6.79. The van der Waals surface area contributed by atoms with E-state index in [-0.39, 0.29) is 38.0 Å². The predicted octanol–water partition coefficient (Wildman–Crippen LogP) is 3.15. The topological polar surface area (TPSA) is 131 Å². The lowest BCUT2D eigenvalue weighted by molar-refractivity contribution is -0.120. The molecule has 3 aromatic rings. The van der Waals surface area contributed by atoms with Crippen LogP contribution >= 0.6 is 0 Å². The normalized spacial score (nSPS) is 17.0. The first-order valence-corrected chi connectivity index (χ1v) is 13.0. The van der Waals surface area contributed by atoms with Crippen LogP contribution < -0.4 is 19.7 Å². The molecule has 0 bridgehead atoms. The maximum Gasteiger partial charge on any atom is 0.408 e. The first kappa shape index (κ1) is 27.5. The van der Waals surface area contributed by atoms with E-state index in [1.54, 1.807) is 50.4 Å². The standard InChI is InChI=1S/C30H28N4O7/c1-3-34(29(37)38)30(18-39-19-30)13-11-20-9-10-26-25(15-20)33(2)28(36)24(17-40-26)32-27(35)23-16-22(12-14-31-23)41-21-7-5-4-6-8-21/h4-10,12,14-16,24H,3,17-19H2,1-2H3,(H,32,35)(H,37,38)/t24-/m0/s1. The second-order valence-electron chi connectivity index (χ2n) is 9.51. The number of amides is 3. The average molecular weight is 557 g/mol. The molecule has 0 spiro atoms. The molecule has 1 saturated heterocycles. The van der Waals surface area contributed by atoms with Crippen molar-refractivity contribution < 1.29 is 33.7 Å². The summed E-state index contributed by atoms with van der Waals surface area (Å²) in [7, 11) is 1.59. The van der Waals surface area contributed by atoms with Gasteiger partial charge in [-0.05, 0) is 43.3 Å². The Balaban J connectivity index is 1.30. The first-order valence-electron chi connectivity index (χ1n) is 13.0. The zero-order valence-electron chi connectivity index (χ0n) is 22.5. The maximum absolute atomic E-state index is 13.3. The number of ether oxygens (including phenoxy) is 3. The molecule has 2 aliphatic heterocycles. The highest BCUT2D eigenvalue weighted by Gasteiger charge is 2.45. The summed E-state index contributed by atoms with van der Waals surface area (Å²) in [6, 6.07) is 16.4. The van der Waals surface area contributed by atoms with Crippen molar-refractivity contribution in [2.45, 2.75) is 18.5 Å². The molecule has 3 heterocycles. The molecule has 11 heteroatoms. The van der Waals surface area contributed by atoms with Crippen molar-refractivity contribution in [3.8, 4) is 29.1 Å². The zero-order valence-corrected chi connectivity index (χ0v) is 22.5. The molecule has 0 saturated carbocycles. The quantitative estimate of drug-likeness (QED) is 0.443. The Morgan fingerprint density at radius 1 is 1.17 bits per heavy atom. The molecule has 2 aliphatic rings. The molecule has 0 aliphatic carbocycles. The Kier molecular flexibility index (Phi) is 7.76. The fourth-order valence-corrected chi connectivity index (χ4v) is 4.54. The van der Waals surface area contributed by atoms with Crippen molar-refractivity contribution in [2.75, 3.05) is 38.3 Å². The van der Waals surface area contributed by atoms with Crippen molar-refractivity contribution in [1.82, 2.24) is 15.2 Å². The first-order chi connectivity index (χ1) is 19.8. The summed E-state index contributed by atoms with van der Waals surface area (Å²) in [5.41, 5.74) is 0.212. The number of benzene rings is 2. The van der Waals surface area contributed by atoms with Crippen molar-refractivity contribution in [1.29, 1.82) is 0 Å². The Bertz CT molecular complexity index is 1530. The van der Waals surface area contributed by atoms with Crippen LogP contribution in [0, 0.1) is 11.8 Å². The van der Waals surface area contributed by atoms with Gasteiger partial charge in [0.1, 0.15) is 35.6 Å². The molecule has 1 atom stereocenters. The van der Waals surface area contributed by atoms with Crippen LogP contribution in [0.3, 0.4) is 0 Å². The van der Waals surface area contributed by atoms with Gasteiger partial charge in [0.15, 0.2) is 5.54 Å². The summed E-state index contributed by atoms with van der Waals surface area (Å²) in [6.07, 6.45) is 0.392. The van der Waals surface area contributed by atoms with E-state index in [0.717, 1.165) is 0 Å². The fourth-order valence-electron chi connectivity index (χ4n) is 4.54. The van der Waals surface area contributed by atoms with Gasteiger partial charge in [0.2, 0.25) is 0 Å². The number of pyridine rings is 1. The number of hydrogen-bond donors (Lipinski definition) is 2. The molecule has 210 valence electrons. The molecule has 1 aromatic heterocycles. The minimum atomic E-state index is -1.07. The molecule has 2 aromatic carbocycles. The van der Waals surface area contributed by atoms with Crippen LogP contribution in [0.2, 0.25) is 0 Å². The van der Waals surface area contributed by atoms with E-state index in [1.165, 1.54) is 22.1 Å². The van der Waals surface area contributed by atoms with Gasteiger partial charge in [-0.2, -0.15) is 0 Å². The lowest BCUT2D eigenvalue weighted by atomic mass is 9.95. The van der Waals surface area contributed by atoms with Gasteiger partial charge in [-0.25, -0.2) is 4.79 Å². The highest BCUT2D eigenvalue weighted by Crippen LogP contribution is 2.32. The largest absolute Gasteiger partial charge is 0.489 e. The van der Waals surface area contributed by atoms with Gasteiger partial charge in [0.05, 0.1) is 18.9 Å². The second kappa shape index (κ2) is 11.6. The van der Waals surface area contributed by atoms with E-state index in [1.807, 2.05) is 18.2 Å². The Hall–Kier alpha value is -5.08. The molecule has 41 heavy (non-hydrogen) atoms. The summed E-state index contributed by atoms with van der Waals surface area (Å²) in [6.45, 7) is 2.30. The smallest absolute Gasteiger partial charge is 0.408 e. The van der Waals surface area contributed by atoms with Gasteiger partial charge < -0.3 is 29.5 Å². The number of carbonyl (C=O) groups excluding carboxylic acids is 2. The zero-order chi connectivity index (χ0) is 29.0. The molecule has 0 radical (unpaired) electrons. The van der Waals surface area contributed by atoms with Gasteiger partial charge in [-0.15, -0.1) is 0 Å². The number of hydrogen-bond acceptors (Lipinski definition) is 7. The molecule has 3 amide bonds. The number of para-hydroxylation sites is 1. The molecular formula is C30H28N4O7. The van der Waals surface area contributed by atoms with Crippen molar-refractivity contribution >= 4 is 23.6 Å². The minimum absolute atomic E-state index is 0.0856. The summed E-state index contributed by atoms with van der Waals surface area (Å²) in [5, 5.41) is 12.3. The van der Waals surface area contributed by atoms with Crippen LogP contribution in [-0.4, -0.2) is 77.9 Å². The van der Waals surface area contributed by atoms with E-state index in [0.29, 0.717) is 28.5 Å². The summed E-state index contributed by atoms with van der Waals surface area (Å²) in [4.78, 5) is 44.8. The Morgan fingerprint density at radius 2 is 1.95 bits per heavy atom. The summed E-state index contributed by atoms with van der Waals surface area (Å²) < 4.78 is 16.9. The van der Waals surface area contributed by atoms with Gasteiger partial charge in [0.25, 0.3) is 11.8 Å². The maximum atomic E-state index is 13.3. The molecule has 1 fully saturated rings. The second-order valence-corrected chi connectivity index (χ2v) is 9.51. The van der Waals surface area contributed by atoms with Crippen LogP contribution in [0.5, 0.6) is 17.2 Å². The van der Waals surface area contributed by atoms with Crippen LogP contribution in [-0.2, 0) is 9.53 Å². The third kappa shape index (κ3) is 5.78. The number of fused-ring (bicyclic) bond motifs is 1. The van der Waals surface area contributed by atoms with Gasteiger partial charge in [-0.3, -0.25) is 19.5 Å². The van der Waals surface area contributed by atoms with E-state index < -0.39 is 23.6 Å². The molecule has 11 nitrogen and oxygen atoms in total. The van der Waals surface area contributed by atoms with Gasteiger partial charge in [-0.1, -0.05) is 30.0 Å². The number of carboxylic acid groups (broad SMARTS) is 1. The van der Waals surface area contributed by atoms with E-state index in [4.69, 9.17) is 14.2 Å². The molecule has 5 rings (SSSR count). The SMILES string of the molecule is CCN(C(=O)O)C1(C#Cc2ccc3c(c2)N(C)C(=O)[C@@H](NC(=O)c2cc(Oc4ccccc4)ccn2)CO3)COC1. The lowest BCUT2D eigenvalue weighted by Crippen LogP contribution is -2.62. The van der Waals surface area contributed by atoms with Crippen LogP contribution in [0.25, 0.3) is 0 Å². The van der Waals surface area contributed by atoms with E-state index >= 15 is 0 Å². The third-order valence-electron chi connectivity index (χ3n) is 6.79. The van der Waals surface area contributed by atoms with Crippen LogP contribution in [0.15, 0.2) is 66.9 Å². The number of nitrogens with zero attached hydrogens (tertiary/aromatic N) is 3. The average Bonchev–Trinajstić information content (AvgIpc) is 3.06. The van der Waals surface area contributed by atoms with Crippen LogP contribution in [0.1, 0.15) is 23.0 Å². The monoisotopic (exact) mass is 556 g/mol. The summed E-state index contributed by atoms with van der Waals surface area (Å²) >= 11 is 0. The van der Waals surface area contributed by atoms with Crippen LogP contribution in [0.4, 0.5) is 10.5 Å². The predicted molar refractivity (Wildman–Crippen MR) is 148 cm³/mol. The molecule has 0 unspecified atom stereocenters. The Labute approximate surface area is 236 Å². The number of nitrogens with one attached hydrogen (secondary N) is 1. The van der Waals surface area contributed by atoms with E-state index in [2.05, 4.69) is 22.1 Å². The molecule has 2 N–H and O–H groups in total. The number of rotatable bonds is 6. The highest BCUT2D eigenvalue weighted by molar-refractivity contribution is 6.03. The number of aromatic nitrogens is 1. The van der Waals surface area contributed by atoms with Gasteiger partial charge in [0, 0.05) is 31.4 Å². The minimum Gasteiger partial charge on any atom is -0.489 e.